The van der Waals surface area contributed by atoms with Crippen LogP contribution < -0.4 is 10.1 Å². The number of alkyl halides is 3. The van der Waals surface area contributed by atoms with E-state index < -0.39 is 23.4 Å². The van der Waals surface area contributed by atoms with Gasteiger partial charge < -0.3 is 10.1 Å². The number of rotatable bonds is 3. The maximum Gasteiger partial charge on any atom is 0.416 e. The van der Waals surface area contributed by atoms with Crippen molar-refractivity contribution in [2.45, 2.75) is 18.7 Å². The molecule has 0 fully saturated rings. The van der Waals surface area contributed by atoms with E-state index >= 15 is 0 Å². The van der Waals surface area contributed by atoms with Gasteiger partial charge in [0.15, 0.2) is 11.6 Å². The molecule has 128 valence electrons. The molecular formula is C17H14F5NO. The Morgan fingerprint density at radius 1 is 1.17 bits per heavy atom. The average Bonchev–Trinajstić information content (AvgIpc) is 2.91. The van der Waals surface area contributed by atoms with Crippen LogP contribution in [0.4, 0.5) is 22.0 Å². The normalized spacial score (nSPS) is 16.8. The molecule has 0 spiro atoms. The topological polar surface area (TPSA) is 21.3 Å². The lowest BCUT2D eigenvalue weighted by Gasteiger charge is -2.15. The molecule has 1 unspecified atom stereocenters. The van der Waals surface area contributed by atoms with E-state index in [4.69, 9.17) is 4.74 Å². The zero-order valence-corrected chi connectivity index (χ0v) is 12.7. The number of fused-ring (bicyclic) bond motifs is 1. The summed E-state index contributed by atoms with van der Waals surface area (Å²) in [6.07, 6.45) is -4.68. The molecule has 1 atom stereocenters. The molecule has 1 aliphatic heterocycles. The van der Waals surface area contributed by atoms with Crippen molar-refractivity contribution < 1.29 is 26.7 Å². The standard InChI is InChI=1S/C17H14F5NO/c1-23-8-11-6-9-5-10(17(20,21)22)7-13(16(9)24-11)12-3-2-4-14(18)15(12)19/h2-5,7,11,23H,6,8H2,1H3. The largest absolute Gasteiger partial charge is 0.488 e. The molecule has 1 heterocycles. The van der Waals surface area contributed by atoms with Crippen molar-refractivity contribution in [3.63, 3.8) is 0 Å². The molecule has 2 aromatic rings. The third kappa shape index (κ3) is 2.96. The molecule has 2 nitrogen and oxygen atoms in total. The van der Waals surface area contributed by atoms with Gasteiger partial charge in [-0.25, -0.2) is 8.78 Å². The maximum absolute atomic E-state index is 14.1. The van der Waals surface area contributed by atoms with Crippen LogP contribution in [0.5, 0.6) is 5.75 Å². The van der Waals surface area contributed by atoms with E-state index in [9.17, 15) is 22.0 Å². The molecular weight excluding hydrogens is 329 g/mol. The second kappa shape index (κ2) is 6.05. The van der Waals surface area contributed by atoms with E-state index in [-0.39, 0.29) is 29.4 Å². The van der Waals surface area contributed by atoms with Crippen molar-refractivity contribution in [3.05, 3.63) is 53.1 Å². The molecule has 24 heavy (non-hydrogen) atoms. The third-order valence-corrected chi connectivity index (χ3v) is 3.90. The fourth-order valence-corrected chi connectivity index (χ4v) is 2.85. The second-order valence-electron chi connectivity index (χ2n) is 5.61. The summed E-state index contributed by atoms with van der Waals surface area (Å²) in [5, 5.41) is 2.89. The van der Waals surface area contributed by atoms with E-state index in [1.165, 1.54) is 12.1 Å². The smallest absolute Gasteiger partial charge is 0.416 e. The third-order valence-electron chi connectivity index (χ3n) is 3.90. The van der Waals surface area contributed by atoms with Gasteiger partial charge in [0.25, 0.3) is 0 Å². The summed E-state index contributed by atoms with van der Waals surface area (Å²) in [5.74, 6) is -2.14. The molecule has 1 N–H and O–H groups in total. The fourth-order valence-electron chi connectivity index (χ4n) is 2.85. The Balaban J connectivity index is 2.18. The summed E-state index contributed by atoms with van der Waals surface area (Å²) in [5.41, 5.74) is -0.907. The van der Waals surface area contributed by atoms with Crippen LogP contribution >= 0.6 is 0 Å². The Kier molecular flexibility index (Phi) is 4.21. The summed E-state index contributed by atoms with van der Waals surface area (Å²) >= 11 is 0. The van der Waals surface area contributed by atoms with Crippen LogP contribution in [0.3, 0.4) is 0 Å². The Bertz CT molecular complexity index is 772. The number of benzene rings is 2. The average molecular weight is 343 g/mol. The SMILES string of the molecule is CNCC1Cc2cc(C(F)(F)F)cc(-c3cccc(F)c3F)c2O1. The Labute approximate surface area is 135 Å². The first kappa shape index (κ1) is 16.7. The lowest BCUT2D eigenvalue weighted by Crippen LogP contribution is -2.27. The number of hydrogen-bond acceptors (Lipinski definition) is 2. The van der Waals surface area contributed by atoms with E-state index in [1.54, 1.807) is 7.05 Å². The lowest BCUT2D eigenvalue weighted by atomic mass is 9.96. The maximum atomic E-state index is 14.1. The van der Waals surface area contributed by atoms with Crippen molar-refractivity contribution in [1.82, 2.24) is 5.32 Å². The van der Waals surface area contributed by atoms with E-state index in [1.807, 2.05) is 0 Å². The molecule has 3 rings (SSSR count). The zero-order valence-electron chi connectivity index (χ0n) is 12.7. The molecule has 2 aromatic carbocycles. The van der Waals surface area contributed by atoms with Gasteiger partial charge in [0.05, 0.1) is 5.56 Å². The highest BCUT2D eigenvalue weighted by molar-refractivity contribution is 5.74. The number of likely N-dealkylation sites (N-methyl/N-ethyl adjacent to an activating group) is 1. The van der Waals surface area contributed by atoms with Gasteiger partial charge >= 0.3 is 6.18 Å². The number of ether oxygens (including phenoxy) is 1. The number of halogens is 5. The van der Waals surface area contributed by atoms with Gasteiger partial charge in [-0.15, -0.1) is 0 Å². The van der Waals surface area contributed by atoms with Gasteiger partial charge in [-0.05, 0) is 30.8 Å². The quantitative estimate of drug-likeness (QED) is 0.845. The molecule has 0 saturated heterocycles. The van der Waals surface area contributed by atoms with Gasteiger partial charge in [0, 0.05) is 24.1 Å². The summed E-state index contributed by atoms with van der Waals surface area (Å²) in [6.45, 7) is 0.432. The van der Waals surface area contributed by atoms with Crippen LogP contribution in [-0.2, 0) is 12.6 Å². The highest BCUT2D eigenvalue weighted by Crippen LogP contribution is 2.44. The van der Waals surface area contributed by atoms with E-state index in [2.05, 4.69) is 5.32 Å². The predicted molar refractivity (Wildman–Crippen MR) is 78.8 cm³/mol. The van der Waals surface area contributed by atoms with Crippen molar-refractivity contribution in [1.29, 1.82) is 0 Å². The highest BCUT2D eigenvalue weighted by Gasteiger charge is 2.35. The van der Waals surface area contributed by atoms with Crippen LogP contribution in [0.25, 0.3) is 11.1 Å². The van der Waals surface area contributed by atoms with Gasteiger partial charge in [-0.2, -0.15) is 13.2 Å². The van der Waals surface area contributed by atoms with E-state index in [0.717, 1.165) is 18.2 Å². The first-order valence-electron chi connectivity index (χ1n) is 7.31. The predicted octanol–water partition coefficient (Wildman–Crippen LogP) is 4.17. The van der Waals surface area contributed by atoms with Crippen LogP contribution in [0, 0.1) is 11.6 Å². The molecule has 0 aliphatic carbocycles. The molecule has 0 bridgehead atoms. The molecule has 0 saturated carbocycles. The van der Waals surface area contributed by atoms with Crippen molar-refractivity contribution in [2.24, 2.45) is 0 Å². The van der Waals surface area contributed by atoms with Gasteiger partial charge in [-0.1, -0.05) is 12.1 Å². The van der Waals surface area contributed by atoms with Gasteiger partial charge in [0.2, 0.25) is 0 Å². The highest BCUT2D eigenvalue weighted by atomic mass is 19.4. The molecule has 0 aromatic heterocycles. The molecule has 1 aliphatic rings. The lowest BCUT2D eigenvalue weighted by molar-refractivity contribution is -0.137. The second-order valence-corrected chi connectivity index (χ2v) is 5.61. The summed E-state index contributed by atoms with van der Waals surface area (Å²) in [4.78, 5) is 0. The van der Waals surface area contributed by atoms with Crippen LogP contribution in [0.2, 0.25) is 0 Å². The summed E-state index contributed by atoms with van der Waals surface area (Å²) in [6, 6.07) is 5.21. The van der Waals surface area contributed by atoms with Crippen molar-refractivity contribution in [3.8, 4) is 16.9 Å². The minimum Gasteiger partial charge on any atom is -0.488 e. The Morgan fingerprint density at radius 3 is 2.58 bits per heavy atom. The van der Waals surface area contributed by atoms with E-state index in [0.29, 0.717) is 12.1 Å². The Morgan fingerprint density at radius 2 is 1.92 bits per heavy atom. The summed E-state index contributed by atoms with van der Waals surface area (Å²) in [7, 11) is 1.70. The molecule has 7 heteroatoms. The fraction of sp³-hybridized carbons (Fsp3) is 0.294. The minimum absolute atomic E-state index is 0.0876. The Hall–Kier alpha value is -2.15. The monoisotopic (exact) mass is 343 g/mol. The van der Waals surface area contributed by atoms with Crippen molar-refractivity contribution >= 4 is 0 Å². The first-order valence-corrected chi connectivity index (χ1v) is 7.31. The zero-order chi connectivity index (χ0) is 17.5. The number of nitrogens with one attached hydrogen (secondary N) is 1. The summed E-state index contributed by atoms with van der Waals surface area (Å²) < 4.78 is 72.8. The van der Waals surface area contributed by atoms with Crippen LogP contribution in [-0.4, -0.2) is 19.7 Å². The van der Waals surface area contributed by atoms with Gasteiger partial charge in [-0.3, -0.25) is 0 Å². The van der Waals surface area contributed by atoms with Crippen LogP contribution in [0.1, 0.15) is 11.1 Å². The minimum atomic E-state index is -4.59. The molecule has 0 radical (unpaired) electrons. The number of hydrogen-bond donors (Lipinski definition) is 1. The van der Waals surface area contributed by atoms with Gasteiger partial charge in [0.1, 0.15) is 11.9 Å². The van der Waals surface area contributed by atoms with Crippen molar-refractivity contribution in [2.75, 3.05) is 13.6 Å². The molecule has 0 amide bonds. The first-order chi connectivity index (χ1) is 11.3. The van der Waals surface area contributed by atoms with Crippen LogP contribution in [0.15, 0.2) is 30.3 Å².